The quantitative estimate of drug-likeness (QED) is 0.596. The van der Waals surface area contributed by atoms with Gasteiger partial charge in [-0.3, -0.25) is 20.4 Å². The molecule has 2 amide bonds. The van der Waals surface area contributed by atoms with E-state index in [2.05, 4.69) is 20.4 Å². The fourth-order valence-electron chi connectivity index (χ4n) is 3.72. The molecular weight excluding hydrogens is 396 g/mol. The molecule has 8 heteroatoms. The second-order valence-corrected chi connectivity index (χ2v) is 7.49. The van der Waals surface area contributed by atoms with Crippen LogP contribution in [0.2, 0.25) is 0 Å². The summed E-state index contributed by atoms with van der Waals surface area (Å²) in [5, 5.41) is 0. The van der Waals surface area contributed by atoms with Crippen LogP contribution in [0, 0.1) is 6.92 Å². The zero-order chi connectivity index (χ0) is 21.8. The van der Waals surface area contributed by atoms with Gasteiger partial charge in [-0.25, -0.2) is 4.98 Å². The van der Waals surface area contributed by atoms with E-state index < -0.39 is 11.8 Å². The van der Waals surface area contributed by atoms with Crippen molar-refractivity contribution in [1.82, 2.24) is 20.4 Å². The number of carbonyl (C=O) groups excluding carboxylic acids is 2. The molecule has 2 N–H and O–H groups in total. The van der Waals surface area contributed by atoms with Crippen LogP contribution in [0.15, 0.2) is 42.5 Å². The molecule has 8 nitrogen and oxygen atoms in total. The number of nitrogens with one attached hydrogen (secondary N) is 2. The first-order valence-electron chi connectivity index (χ1n) is 10.5. The lowest BCUT2D eigenvalue weighted by Crippen LogP contribution is -2.41. The topological polar surface area (TPSA) is 94.5 Å². The molecular formula is C23H26N4O4. The Kier molecular flexibility index (Phi) is 6.18. The van der Waals surface area contributed by atoms with Gasteiger partial charge in [-0.2, -0.15) is 0 Å². The van der Waals surface area contributed by atoms with Gasteiger partial charge in [0.1, 0.15) is 18.2 Å². The van der Waals surface area contributed by atoms with Crippen molar-refractivity contribution in [3.05, 3.63) is 59.4 Å². The summed E-state index contributed by atoms with van der Waals surface area (Å²) < 4.78 is 13.3. The van der Waals surface area contributed by atoms with Crippen LogP contribution in [0.1, 0.15) is 46.3 Å². The van der Waals surface area contributed by atoms with Crippen LogP contribution in [0.3, 0.4) is 0 Å². The molecule has 2 heterocycles. The molecule has 2 aromatic carbocycles. The normalized spacial score (nSPS) is 15.7. The molecule has 1 saturated heterocycles. The Morgan fingerprint density at radius 1 is 1.13 bits per heavy atom. The van der Waals surface area contributed by atoms with E-state index >= 15 is 0 Å². The molecule has 0 unspecified atom stereocenters. The van der Waals surface area contributed by atoms with E-state index in [1.807, 2.05) is 19.9 Å². The van der Waals surface area contributed by atoms with Crippen LogP contribution < -0.4 is 15.6 Å². The van der Waals surface area contributed by atoms with E-state index in [0.717, 1.165) is 42.9 Å². The van der Waals surface area contributed by atoms with E-state index in [9.17, 15) is 9.59 Å². The predicted molar refractivity (Wildman–Crippen MR) is 116 cm³/mol. The summed E-state index contributed by atoms with van der Waals surface area (Å²) in [7, 11) is 0. The standard InChI is InChI=1S/C23H26N4O4/c1-3-27-15(2)24-20-13-17(8-11-21(20)27)23(29)26-25-22(28)16-6-9-18(10-7-16)31-14-19-5-4-12-30-19/h6-11,13,19H,3-5,12,14H2,1-2H3,(H,25,28)(H,26,29)/t19-/m1/s1. The Morgan fingerprint density at radius 2 is 1.84 bits per heavy atom. The summed E-state index contributed by atoms with van der Waals surface area (Å²) in [5.41, 5.74) is 7.46. The molecule has 0 radical (unpaired) electrons. The molecule has 0 bridgehead atoms. The number of hydrogen-bond acceptors (Lipinski definition) is 5. The fourth-order valence-corrected chi connectivity index (χ4v) is 3.72. The predicted octanol–water partition coefficient (Wildman–Crippen LogP) is 3.00. The molecule has 0 spiro atoms. The number of rotatable bonds is 6. The summed E-state index contributed by atoms with van der Waals surface area (Å²) in [5.74, 6) is 0.749. The van der Waals surface area contributed by atoms with Gasteiger partial charge in [-0.1, -0.05) is 0 Å². The second kappa shape index (κ2) is 9.18. The molecule has 1 aliphatic rings. The smallest absolute Gasteiger partial charge is 0.269 e. The summed E-state index contributed by atoms with van der Waals surface area (Å²) in [6.07, 6.45) is 2.21. The molecule has 0 saturated carbocycles. The van der Waals surface area contributed by atoms with Crippen LogP contribution in [-0.4, -0.2) is 40.7 Å². The van der Waals surface area contributed by atoms with Gasteiger partial charge in [-0.15, -0.1) is 0 Å². The zero-order valence-corrected chi connectivity index (χ0v) is 17.7. The lowest BCUT2D eigenvalue weighted by Gasteiger charge is -2.12. The van der Waals surface area contributed by atoms with Crippen LogP contribution >= 0.6 is 0 Å². The van der Waals surface area contributed by atoms with Crippen LogP contribution in [0.25, 0.3) is 11.0 Å². The number of hydrogen-bond donors (Lipinski definition) is 2. The van der Waals surface area contributed by atoms with Crippen molar-refractivity contribution in [2.75, 3.05) is 13.2 Å². The number of carbonyl (C=O) groups is 2. The third-order valence-electron chi connectivity index (χ3n) is 5.38. The van der Waals surface area contributed by atoms with E-state index in [-0.39, 0.29) is 6.10 Å². The maximum absolute atomic E-state index is 12.5. The molecule has 1 aromatic heterocycles. The lowest BCUT2D eigenvalue weighted by molar-refractivity contribution is 0.0679. The van der Waals surface area contributed by atoms with E-state index in [1.54, 1.807) is 36.4 Å². The monoisotopic (exact) mass is 422 g/mol. The van der Waals surface area contributed by atoms with Crippen molar-refractivity contribution >= 4 is 22.8 Å². The van der Waals surface area contributed by atoms with Crippen LogP contribution in [0.5, 0.6) is 5.75 Å². The lowest BCUT2D eigenvalue weighted by atomic mass is 10.2. The highest BCUT2D eigenvalue weighted by Gasteiger charge is 2.16. The first kappa shape index (κ1) is 20.9. The van der Waals surface area contributed by atoms with Gasteiger partial charge in [0, 0.05) is 24.3 Å². The van der Waals surface area contributed by atoms with Gasteiger partial charge in [-0.05, 0) is 69.2 Å². The first-order chi connectivity index (χ1) is 15.0. The van der Waals surface area contributed by atoms with E-state index in [0.29, 0.717) is 23.5 Å². The highest BCUT2D eigenvalue weighted by atomic mass is 16.5. The van der Waals surface area contributed by atoms with Gasteiger partial charge in [0.25, 0.3) is 11.8 Å². The number of fused-ring (bicyclic) bond motifs is 1. The minimum atomic E-state index is -0.411. The van der Waals surface area contributed by atoms with Crippen molar-refractivity contribution in [3.8, 4) is 5.75 Å². The number of imidazole rings is 1. The van der Waals surface area contributed by atoms with Gasteiger partial charge < -0.3 is 14.0 Å². The summed E-state index contributed by atoms with van der Waals surface area (Å²) in [6, 6.07) is 12.1. The van der Waals surface area contributed by atoms with Gasteiger partial charge in [0.05, 0.1) is 17.1 Å². The SMILES string of the molecule is CCn1c(C)nc2cc(C(=O)NNC(=O)c3ccc(OC[C@H]4CCCO4)cc3)ccc21. The molecule has 0 aliphatic carbocycles. The average Bonchev–Trinajstić information content (AvgIpc) is 3.42. The van der Waals surface area contributed by atoms with Crippen LogP contribution in [0.4, 0.5) is 0 Å². The highest BCUT2D eigenvalue weighted by molar-refractivity contribution is 6.00. The molecule has 1 atom stereocenters. The van der Waals surface area contributed by atoms with E-state index in [4.69, 9.17) is 9.47 Å². The van der Waals surface area contributed by atoms with Crippen LogP contribution in [-0.2, 0) is 11.3 Å². The minimum absolute atomic E-state index is 0.136. The Labute approximate surface area is 180 Å². The molecule has 4 rings (SSSR count). The number of hydrazine groups is 1. The fraction of sp³-hybridized carbons (Fsp3) is 0.348. The number of aromatic nitrogens is 2. The molecule has 31 heavy (non-hydrogen) atoms. The Morgan fingerprint density at radius 3 is 2.52 bits per heavy atom. The molecule has 1 fully saturated rings. The van der Waals surface area contributed by atoms with E-state index in [1.165, 1.54) is 0 Å². The average molecular weight is 422 g/mol. The summed E-state index contributed by atoms with van der Waals surface area (Å²) in [4.78, 5) is 29.3. The van der Waals surface area contributed by atoms with Crippen molar-refractivity contribution in [2.45, 2.75) is 39.3 Å². The number of benzene rings is 2. The third kappa shape index (κ3) is 4.69. The summed E-state index contributed by atoms with van der Waals surface area (Å²) >= 11 is 0. The Balaban J connectivity index is 1.32. The largest absolute Gasteiger partial charge is 0.491 e. The minimum Gasteiger partial charge on any atom is -0.491 e. The molecule has 3 aromatic rings. The van der Waals surface area contributed by atoms with Crippen molar-refractivity contribution in [3.63, 3.8) is 0 Å². The first-order valence-corrected chi connectivity index (χ1v) is 10.5. The number of nitrogens with zero attached hydrogens (tertiary/aromatic N) is 2. The van der Waals surface area contributed by atoms with Crippen molar-refractivity contribution < 1.29 is 19.1 Å². The highest BCUT2D eigenvalue weighted by Crippen LogP contribution is 2.18. The van der Waals surface area contributed by atoms with Gasteiger partial charge in [0.15, 0.2) is 0 Å². The Hall–Kier alpha value is -3.39. The molecule has 162 valence electrons. The molecule has 1 aliphatic heterocycles. The van der Waals surface area contributed by atoms with Gasteiger partial charge >= 0.3 is 0 Å². The second-order valence-electron chi connectivity index (χ2n) is 7.49. The Bertz CT molecular complexity index is 1080. The van der Waals surface area contributed by atoms with Gasteiger partial charge in [0.2, 0.25) is 0 Å². The maximum atomic E-state index is 12.5. The number of ether oxygens (including phenoxy) is 2. The third-order valence-corrected chi connectivity index (χ3v) is 5.38. The van der Waals surface area contributed by atoms with Crippen molar-refractivity contribution in [2.24, 2.45) is 0 Å². The maximum Gasteiger partial charge on any atom is 0.269 e. The van der Waals surface area contributed by atoms with Crippen molar-refractivity contribution in [1.29, 1.82) is 0 Å². The summed E-state index contributed by atoms with van der Waals surface area (Å²) in [6.45, 7) is 6.08. The number of amides is 2. The zero-order valence-electron chi connectivity index (χ0n) is 17.7. The number of aryl methyl sites for hydroxylation is 2.